The zero-order valence-electron chi connectivity index (χ0n) is 20.6. The lowest BCUT2D eigenvalue weighted by molar-refractivity contribution is -0.113. The maximum atomic E-state index is 12.9. The smallest absolute Gasteiger partial charge is 0.251 e. The van der Waals surface area contributed by atoms with E-state index in [-0.39, 0.29) is 23.5 Å². The fraction of sp³-hybridized carbons (Fsp3) is 0.400. The van der Waals surface area contributed by atoms with E-state index in [2.05, 4.69) is 26.9 Å². The van der Waals surface area contributed by atoms with Crippen molar-refractivity contribution in [2.24, 2.45) is 13.0 Å². The van der Waals surface area contributed by atoms with Gasteiger partial charge in [0.1, 0.15) is 11.1 Å². The first-order valence-electron chi connectivity index (χ1n) is 11.8. The van der Waals surface area contributed by atoms with Gasteiger partial charge in [0.2, 0.25) is 5.91 Å². The number of nitriles is 1. The van der Waals surface area contributed by atoms with Gasteiger partial charge in [0, 0.05) is 17.5 Å². The second kappa shape index (κ2) is 11.9. The summed E-state index contributed by atoms with van der Waals surface area (Å²) in [7, 11) is 1.80. The lowest BCUT2D eigenvalue weighted by Gasteiger charge is -2.22. The van der Waals surface area contributed by atoms with E-state index >= 15 is 0 Å². The van der Waals surface area contributed by atoms with Gasteiger partial charge in [-0.05, 0) is 55.4 Å². The number of thioether (sulfide) groups is 1. The molecule has 0 spiro atoms. The number of hydrogen-bond acceptors (Lipinski definition) is 7. The molecule has 1 aliphatic rings. The van der Waals surface area contributed by atoms with Crippen LogP contribution in [0.1, 0.15) is 64.9 Å². The number of carbonyl (C=O) groups is 2. The molecule has 37 heavy (non-hydrogen) atoms. The van der Waals surface area contributed by atoms with Gasteiger partial charge in [0.15, 0.2) is 11.0 Å². The van der Waals surface area contributed by atoms with Crippen molar-refractivity contribution in [2.45, 2.75) is 50.7 Å². The number of anilines is 1. The van der Waals surface area contributed by atoms with Gasteiger partial charge >= 0.3 is 0 Å². The van der Waals surface area contributed by atoms with Crippen molar-refractivity contribution in [3.8, 4) is 6.07 Å². The highest BCUT2D eigenvalue weighted by Crippen LogP contribution is 2.37. The molecule has 2 aromatic heterocycles. The number of aryl methyl sites for hydroxylation is 1. The number of halogens is 2. The van der Waals surface area contributed by atoms with Gasteiger partial charge in [-0.1, -0.05) is 48.8 Å². The van der Waals surface area contributed by atoms with Crippen LogP contribution in [0, 0.1) is 17.2 Å². The SMILES string of the molecule is CC(C)[C@H](NC(=O)c1ccc(Cl)c(Cl)c1)c1nnc(SCC(=O)Nc2sc3c(c2C#N)CCCC3)n1C. The van der Waals surface area contributed by atoms with E-state index < -0.39 is 6.04 Å². The van der Waals surface area contributed by atoms with Crippen LogP contribution in [0.15, 0.2) is 23.4 Å². The lowest BCUT2D eigenvalue weighted by atomic mass is 9.96. The second-order valence-electron chi connectivity index (χ2n) is 9.09. The minimum Gasteiger partial charge on any atom is -0.342 e. The van der Waals surface area contributed by atoms with Gasteiger partial charge < -0.3 is 15.2 Å². The van der Waals surface area contributed by atoms with Gasteiger partial charge in [-0.3, -0.25) is 9.59 Å². The van der Waals surface area contributed by atoms with Crippen LogP contribution in [0.3, 0.4) is 0 Å². The van der Waals surface area contributed by atoms with E-state index in [0.29, 0.717) is 37.2 Å². The Morgan fingerprint density at radius 1 is 1.22 bits per heavy atom. The van der Waals surface area contributed by atoms with Crippen molar-refractivity contribution in [3.63, 3.8) is 0 Å². The fourth-order valence-corrected chi connectivity index (χ4v) is 6.45. The summed E-state index contributed by atoms with van der Waals surface area (Å²) in [5.74, 6) is 0.189. The van der Waals surface area contributed by atoms with Crippen molar-refractivity contribution < 1.29 is 9.59 Å². The molecule has 0 fully saturated rings. The Morgan fingerprint density at radius 2 is 1.97 bits per heavy atom. The number of rotatable bonds is 8. The molecule has 3 aromatic rings. The Kier molecular flexibility index (Phi) is 8.80. The highest BCUT2D eigenvalue weighted by Gasteiger charge is 2.26. The van der Waals surface area contributed by atoms with Gasteiger partial charge in [-0.15, -0.1) is 21.5 Å². The summed E-state index contributed by atoms with van der Waals surface area (Å²) in [6.45, 7) is 3.95. The third kappa shape index (κ3) is 6.12. The molecular weight excluding hydrogens is 551 g/mol. The molecule has 2 N–H and O–H groups in total. The van der Waals surface area contributed by atoms with E-state index in [1.165, 1.54) is 34.0 Å². The molecule has 0 aliphatic heterocycles. The molecule has 0 radical (unpaired) electrons. The van der Waals surface area contributed by atoms with E-state index in [1.54, 1.807) is 23.7 Å². The van der Waals surface area contributed by atoms with E-state index in [9.17, 15) is 14.9 Å². The fourth-order valence-electron chi connectivity index (χ4n) is 4.18. The quantitative estimate of drug-likeness (QED) is 0.328. The molecule has 2 heterocycles. The summed E-state index contributed by atoms with van der Waals surface area (Å²) in [6.07, 6.45) is 4.03. The molecule has 2 amide bonds. The summed E-state index contributed by atoms with van der Waals surface area (Å²) in [6, 6.07) is 6.56. The summed E-state index contributed by atoms with van der Waals surface area (Å²) in [5.41, 5.74) is 2.07. The first-order chi connectivity index (χ1) is 17.7. The number of hydrogen-bond donors (Lipinski definition) is 2. The zero-order chi connectivity index (χ0) is 26.7. The molecule has 8 nitrogen and oxygen atoms in total. The third-order valence-electron chi connectivity index (χ3n) is 6.15. The first kappa shape index (κ1) is 27.5. The van der Waals surface area contributed by atoms with Gasteiger partial charge in [-0.25, -0.2) is 0 Å². The summed E-state index contributed by atoms with van der Waals surface area (Å²) >= 11 is 14.8. The van der Waals surface area contributed by atoms with E-state index in [1.807, 2.05) is 13.8 Å². The zero-order valence-corrected chi connectivity index (χ0v) is 23.7. The topological polar surface area (TPSA) is 113 Å². The summed E-state index contributed by atoms with van der Waals surface area (Å²) in [4.78, 5) is 26.8. The highest BCUT2D eigenvalue weighted by molar-refractivity contribution is 7.99. The minimum absolute atomic E-state index is 0.0186. The van der Waals surface area contributed by atoms with Crippen LogP contribution < -0.4 is 10.6 Å². The Labute approximate surface area is 233 Å². The molecule has 0 bridgehead atoms. The van der Waals surface area contributed by atoms with Crippen LogP contribution in [0.25, 0.3) is 0 Å². The van der Waals surface area contributed by atoms with Crippen LogP contribution in [0.4, 0.5) is 5.00 Å². The molecule has 194 valence electrons. The van der Waals surface area contributed by atoms with Crippen LogP contribution in [0.2, 0.25) is 10.0 Å². The number of carbonyl (C=O) groups excluding carboxylic acids is 2. The van der Waals surface area contributed by atoms with E-state index in [4.69, 9.17) is 23.2 Å². The second-order valence-corrected chi connectivity index (χ2v) is 11.9. The van der Waals surface area contributed by atoms with Crippen molar-refractivity contribution in [1.29, 1.82) is 5.26 Å². The van der Waals surface area contributed by atoms with Crippen molar-refractivity contribution in [1.82, 2.24) is 20.1 Å². The summed E-state index contributed by atoms with van der Waals surface area (Å²) in [5, 5.41) is 25.9. The minimum atomic E-state index is -0.418. The summed E-state index contributed by atoms with van der Waals surface area (Å²) < 4.78 is 1.78. The third-order valence-corrected chi connectivity index (χ3v) is 9.12. The number of nitrogens with zero attached hydrogens (tertiary/aromatic N) is 4. The Hall–Kier alpha value is -2.58. The van der Waals surface area contributed by atoms with Crippen molar-refractivity contribution >= 4 is 63.1 Å². The molecule has 1 aromatic carbocycles. The molecule has 1 aliphatic carbocycles. The number of nitrogens with one attached hydrogen (secondary N) is 2. The molecule has 12 heteroatoms. The van der Waals surface area contributed by atoms with Crippen LogP contribution in [-0.2, 0) is 24.7 Å². The average Bonchev–Trinajstić information content (AvgIpc) is 3.41. The Bertz CT molecular complexity index is 1380. The number of fused-ring (bicyclic) bond motifs is 1. The van der Waals surface area contributed by atoms with Crippen molar-refractivity contribution in [3.05, 3.63) is 55.6 Å². The lowest BCUT2D eigenvalue weighted by Crippen LogP contribution is -2.33. The van der Waals surface area contributed by atoms with E-state index in [0.717, 1.165) is 31.2 Å². The predicted octanol–water partition coefficient (Wildman–Crippen LogP) is 5.79. The van der Waals surface area contributed by atoms with Crippen LogP contribution >= 0.6 is 46.3 Å². The molecule has 0 saturated heterocycles. The molecule has 0 saturated carbocycles. The molecule has 1 atom stereocenters. The number of benzene rings is 1. The number of amides is 2. The Balaban J connectivity index is 1.42. The molecule has 4 rings (SSSR count). The van der Waals surface area contributed by atoms with Crippen LogP contribution in [0.5, 0.6) is 0 Å². The van der Waals surface area contributed by atoms with Gasteiger partial charge in [0.25, 0.3) is 5.91 Å². The molecule has 0 unspecified atom stereocenters. The first-order valence-corrected chi connectivity index (χ1v) is 14.4. The number of aromatic nitrogens is 3. The average molecular weight is 578 g/mol. The normalized spacial score (nSPS) is 13.6. The predicted molar refractivity (Wildman–Crippen MR) is 148 cm³/mol. The maximum Gasteiger partial charge on any atom is 0.251 e. The van der Waals surface area contributed by atoms with Gasteiger partial charge in [0.05, 0.1) is 27.4 Å². The van der Waals surface area contributed by atoms with Gasteiger partial charge in [-0.2, -0.15) is 5.26 Å². The maximum absolute atomic E-state index is 12.9. The molecular formula is C25H26Cl2N6O2S2. The largest absolute Gasteiger partial charge is 0.342 e. The van der Waals surface area contributed by atoms with Crippen LogP contribution in [-0.4, -0.2) is 32.3 Å². The number of thiophene rings is 1. The highest BCUT2D eigenvalue weighted by atomic mass is 35.5. The standard InChI is InChI=1S/C25H26Cl2N6O2S2/c1-13(2)21(30-23(35)14-8-9-17(26)18(27)10-14)22-31-32-25(33(22)3)36-12-20(34)29-24-16(11-28)15-6-4-5-7-19(15)37-24/h8-10,13,21H,4-7,12H2,1-3H3,(H,29,34)(H,30,35)/t21-/m0/s1. The Morgan fingerprint density at radius 3 is 2.68 bits per heavy atom. The van der Waals surface area contributed by atoms with Crippen molar-refractivity contribution in [2.75, 3.05) is 11.1 Å². The monoisotopic (exact) mass is 576 g/mol.